The lowest BCUT2D eigenvalue weighted by molar-refractivity contribution is -0.121. The molecule has 1 aromatic rings. The smallest absolute Gasteiger partial charge is 0.262 e. The quantitative estimate of drug-likeness (QED) is 0.692. The van der Waals surface area contributed by atoms with Gasteiger partial charge < -0.3 is 15.5 Å². The van der Waals surface area contributed by atoms with Gasteiger partial charge in [0, 0.05) is 36.8 Å². The Morgan fingerprint density at radius 2 is 1.90 bits per heavy atom. The molecule has 0 spiro atoms. The Labute approximate surface area is 182 Å². The van der Waals surface area contributed by atoms with E-state index in [-0.39, 0.29) is 30.2 Å². The molecule has 1 saturated carbocycles. The third-order valence-electron chi connectivity index (χ3n) is 5.48. The van der Waals surface area contributed by atoms with Crippen LogP contribution < -0.4 is 10.6 Å². The van der Waals surface area contributed by atoms with Gasteiger partial charge in [-0.1, -0.05) is 37.1 Å². The maximum absolute atomic E-state index is 12.5. The minimum Gasteiger partial charge on any atom is -0.352 e. The molecule has 3 amide bonds. The minimum atomic E-state index is -0.501. The van der Waals surface area contributed by atoms with Crippen LogP contribution in [0.2, 0.25) is 0 Å². The highest BCUT2D eigenvalue weighted by molar-refractivity contribution is 8.15. The second-order valence-corrected chi connectivity index (χ2v) is 8.82. The molecule has 1 aliphatic heterocycles. The van der Waals surface area contributed by atoms with Crippen LogP contribution in [0.3, 0.4) is 0 Å². The maximum atomic E-state index is 12.5. The van der Waals surface area contributed by atoms with Crippen LogP contribution in [-0.4, -0.2) is 52.2 Å². The van der Waals surface area contributed by atoms with E-state index in [4.69, 9.17) is 0 Å². The molecule has 1 aliphatic carbocycles. The fraction of sp³-hybridized carbons (Fsp3) is 0.545. The predicted octanol–water partition coefficient (Wildman–Crippen LogP) is 3.42. The van der Waals surface area contributed by atoms with Crippen LogP contribution in [0, 0.1) is 0 Å². The second kappa shape index (κ2) is 10.6. The largest absolute Gasteiger partial charge is 0.352 e. The van der Waals surface area contributed by atoms with E-state index < -0.39 is 5.25 Å². The summed E-state index contributed by atoms with van der Waals surface area (Å²) in [5.74, 6) is -0.642. The van der Waals surface area contributed by atoms with Crippen LogP contribution in [0.25, 0.3) is 0 Å². The number of nitrogens with one attached hydrogen (secondary N) is 2. The second-order valence-electron chi connectivity index (χ2n) is 7.65. The van der Waals surface area contributed by atoms with Crippen molar-refractivity contribution in [3.05, 3.63) is 29.8 Å². The van der Waals surface area contributed by atoms with Gasteiger partial charge in [-0.3, -0.25) is 14.4 Å². The number of rotatable bonds is 7. The predicted molar refractivity (Wildman–Crippen MR) is 121 cm³/mol. The molecule has 1 aromatic carbocycles. The molecule has 1 unspecified atom stereocenters. The van der Waals surface area contributed by atoms with E-state index in [0.717, 1.165) is 38.8 Å². The monoisotopic (exact) mass is 430 g/mol. The molecular formula is C22H30N4O3S. The highest BCUT2D eigenvalue weighted by atomic mass is 32.2. The Kier molecular flexibility index (Phi) is 7.90. The topological polar surface area (TPSA) is 90.9 Å². The van der Waals surface area contributed by atoms with Crippen molar-refractivity contribution in [1.82, 2.24) is 10.2 Å². The first kappa shape index (κ1) is 22.3. The first-order valence-corrected chi connectivity index (χ1v) is 11.6. The number of hydrogen-bond donors (Lipinski definition) is 2. The summed E-state index contributed by atoms with van der Waals surface area (Å²) in [6, 6.07) is 7.15. The van der Waals surface area contributed by atoms with E-state index in [2.05, 4.69) is 15.6 Å². The lowest BCUT2D eigenvalue weighted by Crippen LogP contribution is -2.36. The Hall–Kier alpha value is -2.35. The molecule has 1 heterocycles. The van der Waals surface area contributed by atoms with Gasteiger partial charge in [-0.05, 0) is 44.9 Å². The standard InChI is InChI=1S/C22H30N4O3S/c1-3-26(4-2)22-25-21(29)18(30-22)14-19(27)23-17-12-8-9-15(13-17)20(28)24-16-10-6-5-7-11-16/h8-9,12-13,16,18H,3-7,10-11,14H2,1-2H3,(H,23,27)(H,24,28). The molecule has 3 rings (SSSR count). The molecule has 0 aromatic heterocycles. The van der Waals surface area contributed by atoms with Gasteiger partial charge in [-0.25, -0.2) is 0 Å². The Morgan fingerprint density at radius 3 is 2.60 bits per heavy atom. The van der Waals surface area contributed by atoms with Gasteiger partial charge >= 0.3 is 0 Å². The number of hydrogen-bond acceptors (Lipinski definition) is 5. The molecule has 162 valence electrons. The number of carbonyl (C=O) groups excluding carboxylic acids is 3. The number of carbonyl (C=O) groups is 3. The number of anilines is 1. The van der Waals surface area contributed by atoms with E-state index in [1.54, 1.807) is 24.3 Å². The highest BCUT2D eigenvalue weighted by Gasteiger charge is 2.32. The summed E-state index contributed by atoms with van der Waals surface area (Å²) in [4.78, 5) is 43.3. The zero-order chi connectivity index (χ0) is 21.5. The van der Waals surface area contributed by atoms with Crippen molar-refractivity contribution in [3.8, 4) is 0 Å². The molecule has 1 fully saturated rings. The van der Waals surface area contributed by atoms with Crippen LogP contribution in [0.15, 0.2) is 29.3 Å². The molecule has 0 radical (unpaired) electrons. The van der Waals surface area contributed by atoms with Crippen molar-refractivity contribution < 1.29 is 14.4 Å². The van der Waals surface area contributed by atoms with Gasteiger partial charge in [0.05, 0.1) is 0 Å². The van der Waals surface area contributed by atoms with Crippen molar-refractivity contribution in [2.75, 3.05) is 18.4 Å². The molecule has 0 bridgehead atoms. The third-order valence-corrected chi connectivity index (χ3v) is 6.70. The van der Waals surface area contributed by atoms with Gasteiger partial charge in [-0.2, -0.15) is 4.99 Å². The van der Waals surface area contributed by atoms with Crippen LogP contribution in [0.1, 0.15) is 62.7 Å². The van der Waals surface area contributed by atoms with Crippen molar-refractivity contribution in [2.24, 2.45) is 4.99 Å². The van der Waals surface area contributed by atoms with Crippen LogP contribution in [-0.2, 0) is 9.59 Å². The van der Waals surface area contributed by atoms with Crippen LogP contribution in [0.5, 0.6) is 0 Å². The molecular weight excluding hydrogens is 400 g/mol. The summed E-state index contributed by atoms with van der Waals surface area (Å²) in [5, 5.41) is 6.08. The number of amides is 3. The van der Waals surface area contributed by atoms with Crippen LogP contribution in [0.4, 0.5) is 5.69 Å². The van der Waals surface area contributed by atoms with Gasteiger partial charge in [0.15, 0.2) is 5.17 Å². The van der Waals surface area contributed by atoms with Crippen molar-refractivity contribution in [3.63, 3.8) is 0 Å². The molecule has 2 N–H and O–H groups in total. The number of amidine groups is 1. The number of aliphatic imine (C=N–C) groups is 1. The fourth-order valence-corrected chi connectivity index (χ4v) is 4.97. The first-order valence-electron chi connectivity index (χ1n) is 10.7. The zero-order valence-corrected chi connectivity index (χ0v) is 18.5. The zero-order valence-electron chi connectivity index (χ0n) is 17.6. The summed E-state index contributed by atoms with van der Waals surface area (Å²) in [6.45, 7) is 5.55. The first-order chi connectivity index (χ1) is 14.5. The lowest BCUT2D eigenvalue weighted by Gasteiger charge is -2.22. The fourth-order valence-electron chi connectivity index (χ4n) is 3.77. The number of thioether (sulfide) groups is 1. The average Bonchev–Trinajstić information content (AvgIpc) is 3.09. The molecule has 0 saturated heterocycles. The van der Waals surface area contributed by atoms with E-state index in [1.807, 2.05) is 18.7 Å². The summed E-state index contributed by atoms with van der Waals surface area (Å²) in [7, 11) is 0. The van der Waals surface area contributed by atoms with E-state index >= 15 is 0 Å². The van der Waals surface area contributed by atoms with E-state index in [0.29, 0.717) is 16.4 Å². The molecule has 7 nitrogen and oxygen atoms in total. The van der Waals surface area contributed by atoms with Crippen LogP contribution >= 0.6 is 11.8 Å². The number of benzene rings is 1. The molecule has 8 heteroatoms. The molecule has 1 atom stereocenters. The van der Waals surface area contributed by atoms with Crippen molar-refractivity contribution in [2.45, 2.75) is 63.7 Å². The summed E-state index contributed by atoms with van der Waals surface area (Å²) in [5.41, 5.74) is 1.08. The minimum absolute atomic E-state index is 0.0519. The number of nitrogens with zero attached hydrogens (tertiary/aromatic N) is 2. The lowest BCUT2D eigenvalue weighted by atomic mass is 9.95. The molecule has 2 aliphatic rings. The summed E-state index contributed by atoms with van der Waals surface area (Å²) < 4.78 is 0. The summed E-state index contributed by atoms with van der Waals surface area (Å²) >= 11 is 1.34. The van der Waals surface area contributed by atoms with Gasteiger partial charge in [0.25, 0.3) is 11.8 Å². The summed E-state index contributed by atoms with van der Waals surface area (Å²) in [6.07, 6.45) is 5.63. The van der Waals surface area contributed by atoms with Gasteiger partial charge in [0.2, 0.25) is 5.91 Å². The Morgan fingerprint density at radius 1 is 1.17 bits per heavy atom. The van der Waals surface area contributed by atoms with Crippen molar-refractivity contribution in [1.29, 1.82) is 0 Å². The van der Waals surface area contributed by atoms with E-state index in [9.17, 15) is 14.4 Å². The van der Waals surface area contributed by atoms with E-state index in [1.165, 1.54) is 18.2 Å². The Bertz CT molecular complexity index is 816. The normalized spacial score (nSPS) is 19.3. The van der Waals surface area contributed by atoms with Crippen molar-refractivity contribution >= 4 is 40.3 Å². The SMILES string of the molecule is CCN(CC)C1=NC(=O)C(CC(=O)Nc2cccc(C(=O)NC3CCCCC3)c2)S1. The maximum Gasteiger partial charge on any atom is 0.262 e. The third kappa shape index (κ3) is 5.84. The average molecular weight is 431 g/mol. The van der Waals surface area contributed by atoms with Gasteiger partial charge in [0.1, 0.15) is 5.25 Å². The highest BCUT2D eigenvalue weighted by Crippen LogP contribution is 2.27. The molecule has 30 heavy (non-hydrogen) atoms. The Balaban J connectivity index is 1.54. The van der Waals surface area contributed by atoms with Gasteiger partial charge in [-0.15, -0.1) is 0 Å².